The fourth-order valence-corrected chi connectivity index (χ4v) is 4.12. The van der Waals surface area contributed by atoms with E-state index in [0.717, 1.165) is 35.3 Å². The van der Waals surface area contributed by atoms with Crippen LogP contribution in [0.4, 0.5) is 5.13 Å². The van der Waals surface area contributed by atoms with E-state index in [1.807, 2.05) is 18.2 Å². The van der Waals surface area contributed by atoms with Gasteiger partial charge in [0.2, 0.25) is 0 Å². The van der Waals surface area contributed by atoms with Crippen LogP contribution < -0.4 is 10.2 Å². The van der Waals surface area contributed by atoms with Crippen molar-refractivity contribution in [2.75, 3.05) is 24.5 Å². The van der Waals surface area contributed by atoms with Crippen LogP contribution in [0.25, 0.3) is 10.2 Å². The van der Waals surface area contributed by atoms with E-state index in [9.17, 15) is 0 Å². The summed E-state index contributed by atoms with van der Waals surface area (Å²) in [6.45, 7) is 7.68. The summed E-state index contributed by atoms with van der Waals surface area (Å²) in [6.07, 6.45) is 1.20. The quantitative estimate of drug-likeness (QED) is 0.839. The zero-order valence-electron chi connectivity index (χ0n) is 12.7. The van der Waals surface area contributed by atoms with Gasteiger partial charge in [-0.15, -0.1) is 24.8 Å². The van der Waals surface area contributed by atoms with Gasteiger partial charge >= 0.3 is 0 Å². The molecule has 1 aromatic heterocycles. The summed E-state index contributed by atoms with van der Waals surface area (Å²) in [5, 5.41) is 5.41. The minimum atomic E-state index is 0. The number of hydrogen-bond acceptors (Lipinski definition) is 4. The first-order valence-corrected chi connectivity index (χ1v) is 8.36. The molecule has 0 bridgehead atoms. The van der Waals surface area contributed by atoms with Crippen LogP contribution in [-0.4, -0.2) is 30.7 Å². The van der Waals surface area contributed by atoms with E-state index in [0.29, 0.717) is 12.0 Å². The smallest absolute Gasteiger partial charge is 0.186 e. The van der Waals surface area contributed by atoms with Gasteiger partial charge in [0.15, 0.2) is 5.13 Å². The maximum absolute atomic E-state index is 6.07. The molecule has 3 nitrogen and oxygen atoms in total. The van der Waals surface area contributed by atoms with E-state index >= 15 is 0 Å². The molecular formula is C15H22Cl3N3S. The Morgan fingerprint density at radius 3 is 2.91 bits per heavy atom. The van der Waals surface area contributed by atoms with Gasteiger partial charge in [-0.2, -0.15) is 0 Å². The van der Waals surface area contributed by atoms with Crippen molar-refractivity contribution in [3.8, 4) is 0 Å². The van der Waals surface area contributed by atoms with Crippen molar-refractivity contribution in [1.29, 1.82) is 0 Å². The number of nitrogens with zero attached hydrogens (tertiary/aromatic N) is 2. The number of piperazine rings is 1. The molecule has 0 saturated carbocycles. The van der Waals surface area contributed by atoms with Crippen LogP contribution in [0.1, 0.15) is 20.3 Å². The lowest BCUT2D eigenvalue weighted by molar-refractivity contribution is 0.407. The summed E-state index contributed by atoms with van der Waals surface area (Å²) in [4.78, 5) is 7.26. The lowest BCUT2D eigenvalue weighted by Gasteiger charge is -2.37. The first-order valence-electron chi connectivity index (χ1n) is 7.17. The van der Waals surface area contributed by atoms with Crippen molar-refractivity contribution in [3.63, 3.8) is 0 Å². The SMILES string of the molecule is CC(C)C[C@@H]1CNCCN1c1nc2ccc(Cl)cc2s1.Cl.Cl. The Morgan fingerprint density at radius 2 is 2.18 bits per heavy atom. The summed E-state index contributed by atoms with van der Waals surface area (Å²) in [7, 11) is 0. The average molecular weight is 383 g/mol. The maximum Gasteiger partial charge on any atom is 0.186 e. The largest absolute Gasteiger partial charge is 0.343 e. The highest BCUT2D eigenvalue weighted by molar-refractivity contribution is 7.22. The zero-order chi connectivity index (χ0) is 14.1. The highest BCUT2D eigenvalue weighted by Gasteiger charge is 2.25. The molecule has 0 unspecified atom stereocenters. The molecular weight excluding hydrogens is 361 g/mol. The summed E-state index contributed by atoms with van der Waals surface area (Å²) in [5.41, 5.74) is 1.05. The highest BCUT2D eigenvalue weighted by Crippen LogP contribution is 2.32. The summed E-state index contributed by atoms with van der Waals surface area (Å²) in [5.74, 6) is 0.700. The number of anilines is 1. The van der Waals surface area contributed by atoms with E-state index in [1.54, 1.807) is 11.3 Å². The number of rotatable bonds is 3. The van der Waals surface area contributed by atoms with Gasteiger partial charge in [0.25, 0.3) is 0 Å². The molecule has 7 heteroatoms. The first-order chi connectivity index (χ1) is 9.63. The van der Waals surface area contributed by atoms with Crippen molar-refractivity contribution in [1.82, 2.24) is 10.3 Å². The molecule has 3 rings (SSSR count). The number of thiazole rings is 1. The Balaban J connectivity index is 0.00000121. The van der Waals surface area contributed by atoms with Gasteiger partial charge in [0, 0.05) is 30.7 Å². The van der Waals surface area contributed by atoms with Crippen LogP contribution in [0.2, 0.25) is 5.02 Å². The minimum absolute atomic E-state index is 0. The molecule has 2 heterocycles. The third-order valence-corrected chi connectivity index (χ3v) is 4.97. The lowest BCUT2D eigenvalue weighted by atomic mass is 10.0. The molecule has 1 aliphatic heterocycles. The van der Waals surface area contributed by atoms with Crippen molar-refractivity contribution in [2.24, 2.45) is 5.92 Å². The number of benzene rings is 1. The Hall–Kier alpha value is -0.260. The number of aromatic nitrogens is 1. The van der Waals surface area contributed by atoms with E-state index in [4.69, 9.17) is 16.6 Å². The van der Waals surface area contributed by atoms with Gasteiger partial charge in [-0.1, -0.05) is 36.8 Å². The first kappa shape index (κ1) is 19.8. The molecule has 22 heavy (non-hydrogen) atoms. The second kappa shape index (κ2) is 8.55. The Morgan fingerprint density at radius 1 is 1.41 bits per heavy atom. The molecule has 1 saturated heterocycles. The highest BCUT2D eigenvalue weighted by atomic mass is 35.5. The Kier molecular flexibility index (Phi) is 7.69. The number of hydrogen-bond donors (Lipinski definition) is 1. The molecule has 124 valence electrons. The topological polar surface area (TPSA) is 28.2 Å². The van der Waals surface area contributed by atoms with Crippen molar-refractivity contribution in [2.45, 2.75) is 26.3 Å². The molecule has 1 aliphatic rings. The molecule has 0 amide bonds. The third-order valence-electron chi connectivity index (χ3n) is 3.68. The van der Waals surface area contributed by atoms with Gasteiger partial charge in [-0.3, -0.25) is 0 Å². The van der Waals surface area contributed by atoms with E-state index in [2.05, 4.69) is 24.1 Å². The molecule has 1 N–H and O–H groups in total. The monoisotopic (exact) mass is 381 g/mol. The molecule has 0 radical (unpaired) electrons. The van der Waals surface area contributed by atoms with Gasteiger partial charge in [-0.25, -0.2) is 4.98 Å². The average Bonchev–Trinajstić information content (AvgIpc) is 2.81. The molecule has 2 aromatic rings. The number of fused-ring (bicyclic) bond motifs is 1. The van der Waals surface area contributed by atoms with Crippen LogP contribution in [0.3, 0.4) is 0 Å². The number of halogens is 3. The lowest BCUT2D eigenvalue weighted by Crippen LogP contribution is -2.51. The van der Waals surface area contributed by atoms with Crippen LogP contribution in [-0.2, 0) is 0 Å². The Labute approximate surface area is 153 Å². The second-order valence-electron chi connectivity index (χ2n) is 5.79. The third kappa shape index (κ3) is 4.39. The standard InChI is InChI=1S/C15H20ClN3S.2ClH/c1-10(2)7-12-9-17-5-6-19(12)15-18-13-4-3-11(16)8-14(13)20-15;;/h3-4,8,10,12,17H,5-7,9H2,1-2H3;2*1H/t12-;;/m1../s1. The maximum atomic E-state index is 6.07. The van der Waals surface area contributed by atoms with Crippen LogP contribution in [0.5, 0.6) is 0 Å². The predicted octanol–water partition coefficient (Wildman–Crippen LogP) is 4.62. The van der Waals surface area contributed by atoms with E-state index in [-0.39, 0.29) is 24.8 Å². The summed E-state index contributed by atoms with van der Waals surface area (Å²) < 4.78 is 1.18. The molecule has 1 fully saturated rings. The minimum Gasteiger partial charge on any atom is -0.343 e. The van der Waals surface area contributed by atoms with Gasteiger partial charge in [0.1, 0.15) is 0 Å². The van der Waals surface area contributed by atoms with Crippen LogP contribution in [0, 0.1) is 5.92 Å². The molecule has 0 spiro atoms. The van der Waals surface area contributed by atoms with Crippen molar-refractivity contribution in [3.05, 3.63) is 23.2 Å². The number of nitrogens with one attached hydrogen (secondary N) is 1. The fourth-order valence-electron chi connectivity index (χ4n) is 2.78. The molecule has 1 aromatic carbocycles. The van der Waals surface area contributed by atoms with Crippen molar-refractivity contribution >= 4 is 63.1 Å². The summed E-state index contributed by atoms with van der Waals surface area (Å²) >= 11 is 7.82. The van der Waals surface area contributed by atoms with E-state index in [1.165, 1.54) is 11.1 Å². The predicted molar refractivity (Wildman–Crippen MR) is 103 cm³/mol. The van der Waals surface area contributed by atoms with Crippen LogP contribution in [0.15, 0.2) is 18.2 Å². The Bertz CT molecular complexity index is 603. The van der Waals surface area contributed by atoms with Gasteiger partial charge in [0.05, 0.1) is 10.2 Å². The summed E-state index contributed by atoms with van der Waals surface area (Å²) in [6, 6.07) is 6.48. The zero-order valence-corrected chi connectivity index (χ0v) is 15.9. The molecule has 0 aliphatic carbocycles. The van der Waals surface area contributed by atoms with Crippen molar-refractivity contribution < 1.29 is 0 Å². The molecule has 1 atom stereocenters. The van der Waals surface area contributed by atoms with Crippen LogP contribution >= 0.6 is 47.8 Å². The van der Waals surface area contributed by atoms with E-state index < -0.39 is 0 Å². The van der Waals surface area contributed by atoms with Gasteiger partial charge in [-0.05, 0) is 30.5 Å². The van der Waals surface area contributed by atoms with Gasteiger partial charge < -0.3 is 10.2 Å². The fraction of sp³-hybridized carbons (Fsp3) is 0.533. The second-order valence-corrected chi connectivity index (χ2v) is 7.23. The normalized spacial score (nSPS) is 18.2.